The molecule has 1 aliphatic heterocycles. The third-order valence-corrected chi connectivity index (χ3v) is 2.49. The molecule has 0 amide bonds. The van der Waals surface area contributed by atoms with Gasteiger partial charge < -0.3 is 4.74 Å². The SMILES string of the molecule is C=CC1=C(C(=C)C(C)C)OCCC1(F)F. The zero-order valence-electron chi connectivity index (χ0n) is 9.15. The van der Waals surface area contributed by atoms with Gasteiger partial charge in [0.1, 0.15) is 5.76 Å². The first-order valence-electron chi connectivity index (χ1n) is 4.97. The zero-order valence-corrected chi connectivity index (χ0v) is 9.15. The van der Waals surface area contributed by atoms with Crippen LogP contribution in [0.25, 0.3) is 0 Å². The Bertz CT molecular complexity index is 314. The van der Waals surface area contributed by atoms with Gasteiger partial charge in [-0.2, -0.15) is 0 Å². The van der Waals surface area contributed by atoms with Crippen molar-refractivity contribution in [2.45, 2.75) is 26.2 Å². The van der Waals surface area contributed by atoms with Crippen LogP contribution in [0, 0.1) is 5.92 Å². The minimum Gasteiger partial charge on any atom is -0.493 e. The van der Waals surface area contributed by atoms with Crippen LogP contribution in [0.5, 0.6) is 0 Å². The van der Waals surface area contributed by atoms with Gasteiger partial charge in [0.15, 0.2) is 0 Å². The molecule has 1 rings (SSSR count). The highest BCUT2D eigenvalue weighted by Crippen LogP contribution is 2.38. The first-order chi connectivity index (χ1) is 6.90. The molecule has 0 aliphatic carbocycles. The molecule has 1 aliphatic rings. The summed E-state index contributed by atoms with van der Waals surface area (Å²) in [5, 5.41) is 0. The topological polar surface area (TPSA) is 9.23 Å². The third kappa shape index (κ3) is 2.28. The molecule has 15 heavy (non-hydrogen) atoms. The van der Waals surface area contributed by atoms with Crippen LogP contribution in [0.3, 0.4) is 0 Å². The molecule has 0 aromatic heterocycles. The maximum atomic E-state index is 13.5. The Kier molecular flexibility index (Phi) is 3.32. The van der Waals surface area contributed by atoms with Crippen molar-refractivity contribution < 1.29 is 13.5 Å². The summed E-state index contributed by atoms with van der Waals surface area (Å²) in [4.78, 5) is 0. The summed E-state index contributed by atoms with van der Waals surface area (Å²) >= 11 is 0. The molecule has 0 aromatic rings. The zero-order chi connectivity index (χ0) is 11.6. The van der Waals surface area contributed by atoms with Gasteiger partial charge >= 0.3 is 0 Å². The molecule has 0 aromatic carbocycles. The van der Waals surface area contributed by atoms with E-state index in [0.717, 1.165) is 0 Å². The molecule has 1 nitrogen and oxygen atoms in total. The van der Waals surface area contributed by atoms with Crippen LogP contribution in [0.2, 0.25) is 0 Å². The van der Waals surface area contributed by atoms with Crippen LogP contribution in [0.4, 0.5) is 8.78 Å². The summed E-state index contributed by atoms with van der Waals surface area (Å²) in [6.07, 6.45) is 0.880. The molecule has 0 N–H and O–H groups in total. The molecule has 0 fully saturated rings. The monoisotopic (exact) mass is 214 g/mol. The number of alkyl halides is 2. The van der Waals surface area contributed by atoms with Crippen molar-refractivity contribution in [1.29, 1.82) is 0 Å². The van der Waals surface area contributed by atoms with Crippen molar-refractivity contribution >= 4 is 0 Å². The fourth-order valence-corrected chi connectivity index (χ4v) is 1.43. The van der Waals surface area contributed by atoms with Crippen molar-refractivity contribution in [3.63, 3.8) is 0 Å². The summed E-state index contributed by atoms with van der Waals surface area (Å²) in [6, 6.07) is 0. The second-order valence-electron chi connectivity index (χ2n) is 3.93. The molecule has 1 heterocycles. The van der Waals surface area contributed by atoms with E-state index in [0.29, 0.717) is 5.57 Å². The molecule has 3 heteroatoms. The van der Waals surface area contributed by atoms with Gasteiger partial charge in [-0.1, -0.05) is 33.1 Å². The van der Waals surface area contributed by atoms with E-state index in [9.17, 15) is 8.78 Å². The van der Waals surface area contributed by atoms with Gasteiger partial charge in [0.05, 0.1) is 18.6 Å². The van der Waals surface area contributed by atoms with E-state index in [1.54, 1.807) is 0 Å². The van der Waals surface area contributed by atoms with Crippen molar-refractivity contribution in [2.75, 3.05) is 6.61 Å². The summed E-state index contributed by atoms with van der Waals surface area (Å²) in [5.41, 5.74) is 0.469. The van der Waals surface area contributed by atoms with Crippen molar-refractivity contribution in [3.8, 4) is 0 Å². The Morgan fingerprint density at radius 1 is 1.53 bits per heavy atom. The lowest BCUT2D eigenvalue weighted by molar-refractivity contribution is -0.0109. The Balaban J connectivity index is 3.16. The van der Waals surface area contributed by atoms with Gasteiger partial charge in [0.25, 0.3) is 5.92 Å². The molecule has 0 radical (unpaired) electrons. The highest BCUT2D eigenvalue weighted by atomic mass is 19.3. The van der Waals surface area contributed by atoms with Gasteiger partial charge in [-0.05, 0) is 11.5 Å². The third-order valence-electron chi connectivity index (χ3n) is 2.49. The molecule has 0 spiro atoms. The lowest BCUT2D eigenvalue weighted by atomic mass is 9.94. The normalized spacial score (nSPS) is 20.1. The molecular formula is C12H16F2O. The highest BCUT2D eigenvalue weighted by Gasteiger charge is 2.39. The fraction of sp³-hybridized carbons (Fsp3) is 0.500. The molecule has 0 saturated heterocycles. The highest BCUT2D eigenvalue weighted by molar-refractivity contribution is 5.40. The molecule has 84 valence electrons. The average Bonchev–Trinajstić information content (AvgIpc) is 2.14. The summed E-state index contributed by atoms with van der Waals surface area (Å²) in [6.45, 7) is 11.0. The van der Waals surface area contributed by atoms with E-state index in [1.807, 2.05) is 13.8 Å². The number of ether oxygens (including phenoxy) is 1. The van der Waals surface area contributed by atoms with E-state index in [1.165, 1.54) is 6.08 Å². The van der Waals surface area contributed by atoms with Gasteiger partial charge in [0.2, 0.25) is 0 Å². The largest absolute Gasteiger partial charge is 0.493 e. The Morgan fingerprint density at radius 2 is 2.13 bits per heavy atom. The van der Waals surface area contributed by atoms with Crippen LogP contribution in [-0.2, 0) is 4.74 Å². The predicted octanol–water partition coefficient (Wildman–Crippen LogP) is 3.69. The van der Waals surface area contributed by atoms with Crippen molar-refractivity contribution in [1.82, 2.24) is 0 Å². The van der Waals surface area contributed by atoms with Crippen LogP contribution >= 0.6 is 0 Å². The molecular weight excluding hydrogens is 198 g/mol. The quantitative estimate of drug-likeness (QED) is 0.696. The minimum absolute atomic E-state index is 0.0331. The van der Waals surface area contributed by atoms with Crippen LogP contribution in [-0.4, -0.2) is 12.5 Å². The van der Waals surface area contributed by atoms with Crippen molar-refractivity contribution in [2.24, 2.45) is 5.92 Å². The maximum Gasteiger partial charge on any atom is 0.280 e. The molecule has 0 bridgehead atoms. The summed E-state index contributed by atoms with van der Waals surface area (Å²) in [5.74, 6) is -2.53. The lowest BCUT2D eigenvalue weighted by Gasteiger charge is -2.28. The first-order valence-corrected chi connectivity index (χ1v) is 4.97. The van der Waals surface area contributed by atoms with Crippen LogP contribution in [0.15, 0.2) is 36.1 Å². The van der Waals surface area contributed by atoms with E-state index < -0.39 is 5.92 Å². The first kappa shape index (κ1) is 12.0. The maximum absolute atomic E-state index is 13.5. The fourth-order valence-electron chi connectivity index (χ4n) is 1.43. The van der Waals surface area contributed by atoms with Gasteiger partial charge in [-0.25, -0.2) is 8.78 Å². The average molecular weight is 214 g/mol. The van der Waals surface area contributed by atoms with Gasteiger partial charge in [0, 0.05) is 0 Å². The smallest absolute Gasteiger partial charge is 0.280 e. The van der Waals surface area contributed by atoms with Gasteiger partial charge in [-0.15, -0.1) is 0 Å². The van der Waals surface area contributed by atoms with E-state index in [4.69, 9.17) is 4.74 Å². The predicted molar refractivity (Wildman–Crippen MR) is 56.7 cm³/mol. The second-order valence-corrected chi connectivity index (χ2v) is 3.93. The molecule has 0 unspecified atom stereocenters. The van der Waals surface area contributed by atoms with Gasteiger partial charge in [-0.3, -0.25) is 0 Å². The van der Waals surface area contributed by atoms with Crippen LogP contribution in [0.1, 0.15) is 20.3 Å². The van der Waals surface area contributed by atoms with Crippen LogP contribution < -0.4 is 0 Å². The number of allylic oxidation sites excluding steroid dienone is 3. The number of hydrogen-bond acceptors (Lipinski definition) is 1. The standard InChI is InChI=1S/C12H16F2O/c1-5-10-11(9(4)8(2)3)15-7-6-12(10,13)14/h5,8H,1,4,6-7H2,2-3H3. The van der Waals surface area contributed by atoms with Crippen molar-refractivity contribution in [3.05, 3.63) is 36.1 Å². The Labute approximate surface area is 89.1 Å². The minimum atomic E-state index is -2.84. The van der Waals surface area contributed by atoms with E-state index in [-0.39, 0.29) is 30.3 Å². The summed E-state index contributed by atoms with van der Waals surface area (Å²) < 4.78 is 32.3. The second kappa shape index (κ2) is 4.17. The lowest BCUT2D eigenvalue weighted by Crippen LogP contribution is -2.28. The Morgan fingerprint density at radius 3 is 2.60 bits per heavy atom. The molecule has 0 atom stereocenters. The van der Waals surface area contributed by atoms with E-state index >= 15 is 0 Å². The number of hydrogen-bond donors (Lipinski definition) is 0. The molecule has 0 saturated carbocycles. The number of rotatable bonds is 3. The number of halogens is 2. The van der Waals surface area contributed by atoms with E-state index in [2.05, 4.69) is 13.2 Å². The summed E-state index contributed by atoms with van der Waals surface area (Å²) in [7, 11) is 0. The Hall–Kier alpha value is -1.12.